The zero-order valence-corrected chi connectivity index (χ0v) is 15.6. The second kappa shape index (κ2) is 7.88. The van der Waals surface area contributed by atoms with E-state index < -0.39 is 0 Å². The van der Waals surface area contributed by atoms with Crippen LogP contribution in [0.3, 0.4) is 0 Å². The number of rotatable bonds is 3. The van der Waals surface area contributed by atoms with E-state index in [1.807, 2.05) is 29.2 Å². The molecular formula is C21H25N3O3. The van der Waals surface area contributed by atoms with Gasteiger partial charge in [0.05, 0.1) is 5.69 Å². The molecule has 6 heteroatoms. The molecule has 142 valence electrons. The van der Waals surface area contributed by atoms with Crippen LogP contribution in [0.25, 0.3) is 0 Å². The van der Waals surface area contributed by atoms with E-state index in [2.05, 4.69) is 41.4 Å². The third kappa shape index (κ3) is 4.01. The van der Waals surface area contributed by atoms with Crippen LogP contribution >= 0.6 is 0 Å². The molecule has 0 radical (unpaired) electrons. The van der Waals surface area contributed by atoms with Gasteiger partial charge in [0.15, 0.2) is 11.5 Å². The first-order chi connectivity index (χ1) is 13.2. The first-order valence-electron chi connectivity index (χ1n) is 9.43. The molecule has 2 amide bonds. The van der Waals surface area contributed by atoms with Gasteiger partial charge in [0.2, 0.25) is 0 Å². The molecular weight excluding hydrogens is 342 g/mol. The summed E-state index contributed by atoms with van der Waals surface area (Å²) in [5, 5.41) is 3.00. The molecule has 1 fully saturated rings. The zero-order valence-electron chi connectivity index (χ0n) is 15.6. The summed E-state index contributed by atoms with van der Waals surface area (Å²) in [6.07, 6.45) is 0. The fourth-order valence-corrected chi connectivity index (χ4v) is 3.68. The summed E-state index contributed by atoms with van der Waals surface area (Å²) in [5.41, 5.74) is 1.96. The molecule has 2 aliphatic heterocycles. The Kier molecular flexibility index (Phi) is 5.16. The predicted octanol–water partition coefficient (Wildman–Crippen LogP) is 3.20. The highest BCUT2D eigenvalue weighted by atomic mass is 16.6. The zero-order chi connectivity index (χ0) is 18.6. The molecule has 2 aromatic carbocycles. The Morgan fingerprint density at radius 2 is 1.89 bits per heavy atom. The third-order valence-electron chi connectivity index (χ3n) is 5.03. The number of piperazine rings is 1. The molecule has 0 saturated carbocycles. The van der Waals surface area contributed by atoms with Gasteiger partial charge in [-0.1, -0.05) is 36.4 Å². The van der Waals surface area contributed by atoms with Crippen LogP contribution in [0.4, 0.5) is 10.5 Å². The number of anilines is 1. The van der Waals surface area contributed by atoms with Crippen molar-refractivity contribution in [2.45, 2.75) is 19.5 Å². The number of nitrogens with one attached hydrogen (secondary N) is 1. The van der Waals surface area contributed by atoms with Gasteiger partial charge >= 0.3 is 6.03 Å². The van der Waals surface area contributed by atoms with Gasteiger partial charge in [-0.25, -0.2) is 4.79 Å². The summed E-state index contributed by atoms with van der Waals surface area (Å²) >= 11 is 0. The van der Waals surface area contributed by atoms with E-state index in [0.29, 0.717) is 36.9 Å². The number of ether oxygens (including phenoxy) is 2. The number of urea groups is 1. The monoisotopic (exact) mass is 367 g/mol. The van der Waals surface area contributed by atoms with Crippen molar-refractivity contribution in [2.24, 2.45) is 0 Å². The lowest BCUT2D eigenvalue weighted by atomic mass is 10.1. The molecule has 0 bridgehead atoms. The van der Waals surface area contributed by atoms with E-state index in [1.54, 1.807) is 0 Å². The Bertz CT molecular complexity index is 797. The molecule has 2 heterocycles. The fourth-order valence-electron chi connectivity index (χ4n) is 3.68. The number of nitrogens with zero attached hydrogens (tertiary/aromatic N) is 2. The normalized spacial score (nSPS) is 19.6. The van der Waals surface area contributed by atoms with Crippen molar-refractivity contribution in [2.75, 3.05) is 38.2 Å². The van der Waals surface area contributed by atoms with Crippen LogP contribution in [0.15, 0.2) is 48.5 Å². The number of carbonyl (C=O) groups is 1. The minimum atomic E-state index is -0.0931. The number of fused-ring (bicyclic) bond motifs is 1. The molecule has 1 saturated heterocycles. The van der Waals surface area contributed by atoms with Gasteiger partial charge in [-0.05, 0) is 24.6 Å². The highest BCUT2D eigenvalue weighted by Crippen LogP contribution is 2.37. The molecule has 2 aromatic rings. The summed E-state index contributed by atoms with van der Waals surface area (Å²) in [4.78, 5) is 17.1. The van der Waals surface area contributed by atoms with Gasteiger partial charge in [-0.15, -0.1) is 0 Å². The number of benzene rings is 2. The molecule has 4 rings (SSSR count). The molecule has 0 spiro atoms. The minimum absolute atomic E-state index is 0.0931. The lowest BCUT2D eigenvalue weighted by molar-refractivity contribution is 0.104. The van der Waals surface area contributed by atoms with Crippen molar-refractivity contribution in [1.82, 2.24) is 9.80 Å². The summed E-state index contributed by atoms with van der Waals surface area (Å²) in [7, 11) is 0. The quantitative estimate of drug-likeness (QED) is 0.905. The second-order valence-corrected chi connectivity index (χ2v) is 7.02. The number of para-hydroxylation sites is 1. The molecule has 6 nitrogen and oxygen atoms in total. The topological polar surface area (TPSA) is 54.0 Å². The largest absolute Gasteiger partial charge is 0.486 e. The molecule has 1 atom stereocenters. The first kappa shape index (κ1) is 17.7. The van der Waals surface area contributed by atoms with Crippen LogP contribution in [0, 0.1) is 0 Å². The van der Waals surface area contributed by atoms with Crippen molar-refractivity contribution in [3.8, 4) is 11.5 Å². The number of carbonyl (C=O) groups excluding carboxylic acids is 1. The lowest BCUT2D eigenvalue weighted by Crippen LogP contribution is -2.54. The van der Waals surface area contributed by atoms with E-state index in [-0.39, 0.29) is 12.1 Å². The smallest absolute Gasteiger partial charge is 0.322 e. The van der Waals surface area contributed by atoms with Crippen LogP contribution in [-0.2, 0) is 6.54 Å². The highest BCUT2D eigenvalue weighted by Gasteiger charge is 2.28. The van der Waals surface area contributed by atoms with E-state index in [0.717, 1.165) is 19.6 Å². The standard InChI is InChI=1S/C21H25N3O3/c1-16-14-23(15-17-6-3-2-4-7-17)10-11-24(16)21(25)22-18-8-5-9-19-20(18)27-13-12-26-19/h2-9,16H,10-15H2,1H3,(H,22,25)/t16-/m1/s1. The Morgan fingerprint density at radius 1 is 1.07 bits per heavy atom. The summed E-state index contributed by atoms with van der Waals surface area (Å²) in [6, 6.07) is 16.1. The Hall–Kier alpha value is -2.73. The van der Waals surface area contributed by atoms with Gasteiger partial charge in [0.1, 0.15) is 13.2 Å². The van der Waals surface area contributed by atoms with E-state index in [4.69, 9.17) is 9.47 Å². The summed E-state index contributed by atoms with van der Waals surface area (Å²) in [5.74, 6) is 1.30. The second-order valence-electron chi connectivity index (χ2n) is 7.02. The van der Waals surface area contributed by atoms with Crippen LogP contribution in [0.1, 0.15) is 12.5 Å². The highest BCUT2D eigenvalue weighted by molar-refractivity contribution is 5.92. The van der Waals surface area contributed by atoms with Gasteiger partial charge in [-0.2, -0.15) is 0 Å². The maximum absolute atomic E-state index is 12.8. The molecule has 2 aliphatic rings. The van der Waals surface area contributed by atoms with Gasteiger partial charge < -0.3 is 19.7 Å². The maximum Gasteiger partial charge on any atom is 0.322 e. The fraction of sp³-hybridized carbons (Fsp3) is 0.381. The van der Waals surface area contributed by atoms with Crippen LogP contribution < -0.4 is 14.8 Å². The minimum Gasteiger partial charge on any atom is -0.486 e. The summed E-state index contributed by atoms with van der Waals surface area (Å²) < 4.78 is 11.3. The Morgan fingerprint density at radius 3 is 2.70 bits per heavy atom. The predicted molar refractivity (Wildman–Crippen MR) is 104 cm³/mol. The molecule has 0 unspecified atom stereocenters. The van der Waals surface area contributed by atoms with Crippen molar-refractivity contribution < 1.29 is 14.3 Å². The van der Waals surface area contributed by atoms with Gasteiger partial charge in [0, 0.05) is 32.2 Å². The average Bonchev–Trinajstić information content (AvgIpc) is 2.69. The molecule has 27 heavy (non-hydrogen) atoms. The molecule has 0 aromatic heterocycles. The molecule has 0 aliphatic carbocycles. The Balaban J connectivity index is 1.38. The SMILES string of the molecule is C[C@@H]1CN(Cc2ccccc2)CCN1C(=O)Nc1cccc2c1OCCO2. The Labute approximate surface area is 159 Å². The van der Waals surface area contributed by atoms with Gasteiger partial charge in [-0.3, -0.25) is 4.90 Å². The first-order valence-corrected chi connectivity index (χ1v) is 9.43. The number of amides is 2. The maximum atomic E-state index is 12.8. The van der Waals surface area contributed by atoms with Crippen LogP contribution in [0.5, 0.6) is 11.5 Å². The van der Waals surface area contributed by atoms with E-state index >= 15 is 0 Å². The number of hydrogen-bond acceptors (Lipinski definition) is 4. The summed E-state index contributed by atoms with van der Waals surface area (Å²) in [6.45, 7) is 6.45. The lowest BCUT2D eigenvalue weighted by Gasteiger charge is -2.40. The van der Waals surface area contributed by atoms with Crippen molar-refractivity contribution in [1.29, 1.82) is 0 Å². The van der Waals surface area contributed by atoms with E-state index in [1.165, 1.54) is 5.56 Å². The molecule has 1 N–H and O–H groups in total. The van der Waals surface area contributed by atoms with Crippen molar-refractivity contribution in [3.05, 3.63) is 54.1 Å². The van der Waals surface area contributed by atoms with Crippen LogP contribution in [0.2, 0.25) is 0 Å². The van der Waals surface area contributed by atoms with Gasteiger partial charge in [0.25, 0.3) is 0 Å². The third-order valence-corrected chi connectivity index (χ3v) is 5.03. The van der Waals surface area contributed by atoms with E-state index in [9.17, 15) is 4.79 Å². The van der Waals surface area contributed by atoms with Crippen molar-refractivity contribution >= 4 is 11.7 Å². The average molecular weight is 367 g/mol. The number of hydrogen-bond donors (Lipinski definition) is 1. The van der Waals surface area contributed by atoms with Crippen LogP contribution in [-0.4, -0.2) is 54.7 Å². The van der Waals surface area contributed by atoms with Crippen molar-refractivity contribution in [3.63, 3.8) is 0 Å².